The highest BCUT2D eigenvalue weighted by molar-refractivity contribution is 5.85. The van der Waals surface area contributed by atoms with Crippen LogP contribution in [-0.4, -0.2) is 62.6 Å². The second-order valence-corrected chi connectivity index (χ2v) is 6.53. The molecule has 24 heavy (non-hydrogen) atoms. The highest BCUT2D eigenvalue weighted by Crippen LogP contribution is 2.43. The van der Waals surface area contributed by atoms with Crippen LogP contribution in [0, 0.1) is 11.8 Å². The normalized spacial score (nSPS) is 26.2. The number of hydrogen-bond acceptors (Lipinski definition) is 5. The number of hydrogen-bond donors (Lipinski definition) is 0. The Morgan fingerprint density at radius 2 is 2.00 bits per heavy atom. The molecule has 2 aliphatic rings. The van der Waals surface area contributed by atoms with Crippen LogP contribution < -0.4 is 0 Å². The number of amides is 1. The minimum absolute atomic E-state index is 0. The zero-order chi connectivity index (χ0) is 15.8. The Hall–Kier alpha value is -1.99. The van der Waals surface area contributed by atoms with E-state index in [-0.39, 0.29) is 24.9 Å². The first-order valence-corrected chi connectivity index (χ1v) is 7.96. The summed E-state index contributed by atoms with van der Waals surface area (Å²) >= 11 is 0. The second kappa shape index (κ2) is 6.86. The molecule has 2 aromatic rings. The zero-order valence-corrected chi connectivity index (χ0v) is 14.3. The van der Waals surface area contributed by atoms with Crippen molar-refractivity contribution in [2.24, 2.45) is 11.8 Å². The molecule has 2 aliphatic heterocycles. The molecule has 8 heteroatoms. The Morgan fingerprint density at radius 3 is 2.71 bits per heavy atom. The maximum atomic E-state index is 12.5. The van der Waals surface area contributed by atoms with Crippen LogP contribution in [-0.2, 0) is 11.3 Å². The number of nitrogens with zero attached hydrogens (tertiary/aromatic N) is 6. The first-order chi connectivity index (χ1) is 11.2. The fourth-order valence-electron chi connectivity index (χ4n) is 4.10. The fraction of sp³-hybridized carbons (Fsp3) is 0.500. The van der Waals surface area contributed by atoms with Crippen LogP contribution in [0.1, 0.15) is 11.6 Å². The van der Waals surface area contributed by atoms with E-state index in [0.29, 0.717) is 17.9 Å². The van der Waals surface area contributed by atoms with Gasteiger partial charge in [0.15, 0.2) is 0 Å². The highest BCUT2D eigenvalue weighted by Gasteiger charge is 2.47. The Labute approximate surface area is 147 Å². The molecule has 0 saturated carbocycles. The molecule has 1 amide bonds. The van der Waals surface area contributed by atoms with E-state index in [4.69, 9.17) is 0 Å². The van der Waals surface area contributed by atoms with Crippen LogP contribution >= 0.6 is 12.4 Å². The SMILES string of the molecule is CN1C[C@H]2CN(C(=O)Cn3cnnn3)C[C@H]2[C@@H]1c1ccccc1.Cl. The summed E-state index contributed by atoms with van der Waals surface area (Å²) in [5, 5.41) is 10.9. The molecule has 0 unspecified atom stereocenters. The van der Waals surface area contributed by atoms with E-state index in [2.05, 4.69) is 51.7 Å². The molecule has 2 saturated heterocycles. The first kappa shape index (κ1) is 16.9. The molecule has 3 heterocycles. The quantitative estimate of drug-likeness (QED) is 0.823. The number of tetrazole rings is 1. The van der Waals surface area contributed by atoms with Crippen LogP contribution in [0.5, 0.6) is 0 Å². The number of carbonyl (C=O) groups excluding carboxylic acids is 1. The van der Waals surface area contributed by atoms with Crippen molar-refractivity contribution in [3.63, 3.8) is 0 Å². The van der Waals surface area contributed by atoms with Crippen LogP contribution in [0.3, 0.4) is 0 Å². The van der Waals surface area contributed by atoms with Crippen molar-refractivity contribution in [1.82, 2.24) is 30.0 Å². The Morgan fingerprint density at radius 1 is 1.21 bits per heavy atom. The van der Waals surface area contributed by atoms with Gasteiger partial charge in [0.25, 0.3) is 0 Å². The third kappa shape index (κ3) is 3.01. The maximum Gasteiger partial charge on any atom is 0.244 e. The van der Waals surface area contributed by atoms with Gasteiger partial charge in [-0.05, 0) is 29.0 Å². The van der Waals surface area contributed by atoms with Crippen LogP contribution in [0.15, 0.2) is 36.7 Å². The Balaban J connectivity index is 0.00000169. The molecule has 0 radical (unpaired) electrons. The van der Waals surface area contributed by atoms with Crippen LogP contribution in [0.2, 0.25) is 0 Å². The number of rotatable bonds is 3. The standard InChI is InChI=1S/C16H20N6O.ClH/c1-20-7-13-8-21(15(23)10-22-11-17-18-19-22)9-14(13)16(20)12-5-3-2-4-6-12;/h2-6,11,13-14,16H,7-10H2,1H3;1H/t13-,14+,16-;/m0./s1. The van der Waals surface area contributed by atoms with E-state index in [0.717, 1.165) is 19.6 Å². The summed E-state index contributed by atoms with van der Waals surface area (Å²) in [4.78, 5) is 16.9. The number of fused-ring (bicyclic) bond motifs is 1. The largest absolute Gasteiger partial charge is 0.340 e. The molecule has 1 aromatic carbocycles. The first-order valence-electron chi connectivity index (χ1n) is 7.96. The van der Waals surface area contributed by atoms with E-state index < -0.39 is 0 Å². The summed E-state index contributed by atoms with van der Waals surface area (Å²) in [6.07, 6.45) is 1.48. The van der Waals surface area contributed by atoms with Crippen molar-refractivity contribution in [3.8, 4) is 0 Å². The van der Waals surface area contributed by atoms with Crippen LogP contribution in [0.25, 0.3) is 0 Å². The lowest BCUT2D eigenvalue weighted by molar-refractivity contribution is -0.131. The van der Waals surface area contributed by atoms with Gasteiger partial charge >= 0.3 is 0 Å². The van der Waals surface area contributed by atoms with Gasteiger partial charge in [0, 0.05) is 31.6 Å². The Bertz CT molecular complexity index is 679. The summed E-state index contributed by atoms with van der Waals surface area (Å²) in [6.45, 7) is 2.91. The molecule has 3 atom stereocenters. The van der Waals surface area contributed by atoms with Crippen molar-refractivity contribution in [3.05, 3.63) is 42.2 Å². The monoisotopic (exact) mass is 348 g/mol. The van der Waals surface area contributed by atoms with Gasteiger partial charge in [0.05, 0.1) is 0 Å². The number of benzene rings is 1. The molecular formula is C16H21ClN6O. The molecule has 2 fully saturated rings. The topological polar surface area (TPSA) is 67.2 Å². The molecule has 0 N–H and O–H groups in total. The van der Waals surface area contributed by atoms with Crippen molar-refractivity contribution in [2.75, 3.05) is 26.7 Å². The lowest BCUT2D eigenvalue weighted by Gasteiger charge is -2.26. The molecular weight excluding hydrogens is 328 g/mol. The molecule has 0 spiro atoms. The minimum Gasteiger partial charge on any atom is -0.340 e. The smallest absolute Gasteiger partial charge is 0.244 e. The van der Waals surface area contributed by atoms with Gasteiger partial charge in [-0.2, -0.15) is 0 Å². The summed E-state index contributed by atoms with van der Waals surface area (Å²) < 4.78 is 1.48. The average molecular weight is 349 g/mol. The van der Waals surface area contributed by atoms with Gasteiger partial charge in [0.2, 0.25) is 5.91 Å². The van der Waals surface area contributed by atoms with Gasteiger partial charge in [-0.1, -0.05) is 30.3 Å². The van der Waals surface area contributed by atoms with Crippen molar-refractivity contribution >= 4 is 18.3 Å². The Kier molecular flexibility index (Phi) is 4.82. The molecule has 0 bridgehead atoms. The second-order valence-electron chi connectivity index (χ2n) is 6.53. The number of halogens is 1. The van der Waals surface area contributed by atoms with E-state index in [1.165, 1.54) is 16.6 Å². The molecule has 1 aromatic heterocycles. The lowest BCUT2D eigenvalue weighted by Crippen LogP contribution is -2.35. The number of aromatic nitrogens is 4. The third-order valence-corrected chi connectivity index (χ3v) is 5.08. The average Bonchev–Trinajstić information content (AvgIpc) is 3.24. The summed E-state index contributed by atoms with van der Waals surface area (Å²) in [7, 11) is 2.18. The predicted molar refractivity (Wildman–Crippen MR) is 90.4 cm³/mol. The van der Waals surface area contributed by atoms with Crippen LogP contribution in [0.4, 0.5) is 0 Å². The van der Waals surface area contributed by atoms with Gasteiger partial charge in [-0.3, -0.25) is 9.69 Å². The van der Waals surface area contributed by atoms with Crippen molar-refractivity contribution in [2.45, 2.75) is 12.6 Å². The summed E-state index contributed by atoms with van der Waals surface area (Å²) in [5.74, 6) is 1.14. The summed E-state index contributed by atoms with van der Waals surface area (Å²) in [5.41, 5.74) is 1.34. The highest BCUT2D eigenvalue weighted by atomic mass is 35.5. The van der Waals surface area contributed by atoms with E-state index >= 15 is 0 Å². The maximum absolute atomic E-state index is 12.5. The molecule has 128 valence electrons. The van der Waals surface area contributed by atoms with E-state index in [1.54, 1.807) is 0 Å². The number of carbonyl (C=O) groups is 1. The van der Waals surface area contributed by atoms with Gasteiger partial charge in [-0.25, -0.2) is 4.68 Å². The van der Waals surface area contributed by atoms with E-state index in [1.807, 2.05) is 11.0 Å². The van der Waals surface area contributed by atoms with Gasteiger partial charge in [0.1, 0.15) is 12.9 Å². The van der Waals surface area contributed by atoms with Gasteiger partial charge in [-0.15, -0.1) is 17.5 Å². The predicted octanol–water partition coefficient (Wildman–Crippen LogP) is 0.856. The minimum atomic E-state index is 0. The zero-order valence-electron chi connectivity index (χ0n) is 13.5. The number of likely N-dealkylation sites (tertiary alicyclic amines) is 2. The third-order valence-electron chi connectivity index (χ3n) is 5.08. The summed E-state index contributed by atoms with van der Waals surface area (Å²) in [6, 6.07) is 11.0. The molecule has 4 rings (SSSR count). The fourth-order valence-corrected chi connectivity index (χ4v) is 4.10. The van der Waals surface area contributed by atoms with Crippen molar-refractivity contribution < 1.29 is 4.79 Å². The lowest BCUT2D eigenvalue weighted by atomic mass is 9.90. The van der Waals surface area contributed by atoms with E-state index in [9.17, 15) is 4.79 Å². The van der Waals surface area contributed by atoms with Crippen molar-refractivity contribution in [1.29, 1.82) is 0 Å². The van der Waals surface area contributed by atoms with Gasteiger partial charge < -0.3 is 4.90 Å². The molecule has 7 nitrogen and oxygen atoms in total. The molecule has 0 aliphatic carbocycles.